The Hall–Kier alpha value is -3.93. The number of nitrogens with one attached hydrogen (secondary N) is 1. The Kier molecular flexibility index (Phi) is 6.83. The van der Waals surface area contributed by atoms with Gasteiger partial charge in [0.05, 0.1) is 24.4 Å². The monoisotopic (exact) mass is 512 g/mol. The Bertz CT molecular complexity index is 1290. The fourth-order valence-electron chi connectivity index (χ4n) is 5.02. The first kappa shape index (κ1) is 24.8. The molecular formula is C25H26F2N6O4. The lowest BCUT2D eigenvalue weighted by atomic mass is 9.82. The number of amides is 1. The van der Waals surface area contributed by atoms with Gasteiger partial charge in [0.1, 0.15) is 28.7 Å². The first-order valence-corrected chi connectivity index (χ1v) is 12.0. The Balaban J connectivity index is 1.19. The molecule has 0 saturated carbocycles. The van der Waals surface area contributed by atoms with E-state index in [1.165, 1.54) is 12.3 Å². The molecule has 1 unspecified atom stereocenters. The average Bonchev–Trinajstić information content (AvgIpc) is 3.36. The van der Waals surface area contributed by atoms with Gasteiger partial charge in [-0.25, -0.2) is 23.2 Å². The minimum Gasteiger partial charge on any atom is -0.478 e. The molecular weight excluding hydrogens is 486 g/mol. The number of likely N-dealkylation sites (tertiary alicyclic amines) is 1. The summed E-state index contributed by atoms with van der Waals surface area (Å²) in [7, 11) is 0. The molecule has 1 atom stereocenters. The van der Waals surface area contributed by atoms with Crippen molar-refractivity contribution in [3.63, 3.8) is 0 Å². The number of pyridine rings is 1. The number of hydrogen-bond donors (Lipinski definition) is 2. The second-order valence-electron chi connectivity index (χ2n) is 9.38. The van der Waals surface area contributed by atoms with E-state index in [1.54, 1.807) is 11.0 Å². The normalized spacial score (nSPS) is 19.1. The van der Waals surface area contributed by atoms with Crippen molar-refractivity contribution < 1.29 is 28.2 Å². The van der Waals surface area contributed by atoms with Crippen molar-refractivity contribution in [2.75, 3.05) is 25.0 Å². The molecule has 2 saturated heterocycles. The molecule has 2 aliphatic rings. The zero-order valence-electron chi connectivity index (χ0n) is 19.9. The van der Waals surface area contributed by atoms with Crippen LogP contribution < -0.4 is 5.32 Å². The van der Waals surface area contributed by atoms with Gasteiger partial charge >= 0.3 is 5.97 Å². The highest BCUT2D eigenvalue weighted by molar-refractivity contribution is 5.94. The number of carbonyl (C=O) groups is 2. The molecule has 0 aliphatic carbocycles. The maximum absolute atomic E-state index is 13.6. The molecule has 10 nitrogen and oxygen atoms in total. The maximum atomic E-state index is 13.6. The highest BCUT2D eigenvalue weighted by Gasteiger charge is 2.42. The van der Waals surface area contributed by atoms with E-state index < -0.39 is 29.1 Å². The van der Waals surface area contributed by atoms with Crippen LogP contribution in [0.15, 0.2) is 42.7 Å². The van der Waals surface area contributed by atoms with Gasteiger partial charge in [-0.2, -0.15) is 0 Å². The minimum atomic E-state index is -1.07. The zero-order chi connectivity index (χ0) is 26.0. The van der Waals surface area contributed by atoms with E-state index in [1.807, 2.05) is 10.9 Å². The van der Waals surface area contributed by atoms with E-state index in [2.05, 4.69) is 20.6 Å². The van der Waals surface area contributed by atoms with Crippen LogP contribution in [0.4, 0.5) is 14.6 Å². The second kappa shape index (κ2) is 10.2. The minimum absolute atomic E-state index is 0.000761. The number of aromatic nitrogens is 4. The van der Waals surface area contributed by atoms with Gasteiger partial charge in [-0.3, -0.25) is 4.79 Å². The molecule has 37 heavy (non-hydrogen) atoms. The number of nitrogens with zero attached hydrogens (tertiary/aromatic N) is 5. The molecule has 1 amide bonds. The molecule has 1 spiro atoms. The summed E-state index contributed by atoms with van der Waals surface area (Å²) in [5.74, 6) is -2.76. The molecule has 194 valence electrons. The van der Waals surface area contributed by atoms with E-state index in [9.17, 15) is 23.5 Å². The van der Waals surface area contributed by atoms with Crippen LogP contribution in [0.25, 0.3) is 0 Å². The molecule has 2 aromatic heterocycles. The summed E-state index contributed by atoms with van der Waals surface area (Å²) in [6.45, 7) is 1.65. The Morgan fingerprint density at radius 1 is 1.19 bits per heavy atom. The molecule has 5 rings (SSSR count). The quantitative estimate of drug-likeness (QED) is 0.516. The third kappa shape index (κ3) is 5.43. The van der Waals surface area contributed by atoms with E-state index >= 15 is 0 Å². The standard InChI is InChI=1S/C25H26F2N6O4/c26-17-10-16(11-18(27)12-17)23(34)32-7-4-25(5-8-32)13-20(3-9-37-25)33-15-19(30-31-33)14-29-22-21(24(35)36)2-1-6-28-22/h1-2,6,10-12,15,20H,3-5,7-9,13-14H2,(H,28,29)(H,35,36). The Morgan fingerprint density at radius 3 is 2.68 bits per heavy atom. The maximum Gasteiger partial charge on any atom is 0.339 e. The molecule has 3 aromatic rings. The van der Waals surface area contributed by atoms with Gasteiger partial charge in [0.2, 0.25) is 0 Å². The Labute approximate surface area is 211 Å². The molecule has 0 radical (unpaired) electrons. The average molecular weight is 513 g/mol. The van der Waals surface area contributed by atoms with Crippen LogP contribution in [-0.4, -0.2) is 67.2 Å². The highest BCUT2D eigenvalue weighted by atomic mass is 19.1. The summed E-state index contributed by atoms with van der Waals surface area (Å²) in [4.78, 5) is 29.8. The van der Waals surface area contributed by atoms with Gasteiger partial charge in [-0.05, 0) is 49.9 Å². The van der Waals surface area contributed by atoms with Crippen molar-refractivity contribution >= 4 is 17.7 Å². The SMILES string of the molecule is O=C(O)c1cccnc1NCc1cn(C2CCOC3(CCN(C(=O)c4cc(F)cc(F)c4)CC3)C2)nn1. The number of ether oxygens (including phenoxy) is 1. The molecule has 2 aliphatic heterocycles. The van der Waals surface area contributed by atoms with Crippen LogP contribution in [0.5, 0.6) is 0 Å². The molecule has 2 N–H and O–H groups in total. The van der Waals surface area contributed by atoms with Crippen LogP contribution in [0.2, 0.25) is 0 Å². The van der Waals surface area contributed by atoms with Crippen molar-refractivity contribution in [3.8, 4) is 0 Å². The number of halogens is 2. The first-order chi connectivity index (χ1) is 17.8. The number of hydrogen-bond acceptors (Lipinski definition) is 7. The Morgan fingerprint density at radius 2 is 1.95 bits per heavy atom. The summed E-state index contributed by atoms with van der Waals surface area (Å²) in [6.07, 6.45) is 6.01. The summed E-state index contributed by atoms with van der Waals surface area (Å²) < 4.78 is 35.1. The van der Waals surface area contributed by atoms with E-state index in [4.69, 9.17) is 4.74 Å². The van der Waals surface area contributed by atoms with Crippen LogP contribution >= 0.6 is 0 Å². The van der Waals surface area contributed by atoms with Gasteiger partial charge in [0.15, 0.2) is 0 Å². The molecule has 1 aromatic carbocycles. The van der Waals surface area contributed by atoms with Crippen LogP contribution in [0.3, 0.4) is 0 Å². The second-order valence-corrected chi connectivity index (χ2v) is 9.38. The van der Waals surface area contributed by atoms with E-state index in [0.717, 1.165) is 24.6 Å². The summed E-state index contributed by atoms with van der Waals surface area (Å²) in [5, 5.41) is 20.8. The van der Waals surface area contributed by atoms with Crippen molar-refractivity contribution in [1.29, 1.82) is 0 Å². The smallest absolute Gasteiger partial charge is 0.339 e. The molecule has 2 fully saturated rings. The zero-order valence-corrected chi connectivity index (χ0v) is 19.9. The van der Waals surface area contributed by atoms with Crippen molar-refractivity contribution in [3.05, 3.63) is 71.2 Å². The molecule has 4 heterocycles. The number of aromatic carboxylic acids is 1. The fourth-order valence-corrected chi connectivity index (χ4v) is 5.02. The fraction of sp³-hybridized carbons (Fsp3) is 0.400. The number of carboxylic acids is 1. The third-order valence-electron chi connectivity index (χ3n) is 6.95. The van der Waals surface area contributed by atoms with Gasteiger partial charge in [0.25, 0.3) is 5.91 Å². The molecule has 12 heteroatoms. The number of piperidine rings is 1. The van der Waals surface area contributed by atoms with Crippen molar-refractivity contribution in [2.45, 2.75) is 43.9 Å². The number of anilines is 1. The van der Waals surface area contributed by atoms with Crippen molar-refractivity contribution in [1.82, 2.24) is 24.9 Å². The first-order valence-electron chi connectivity index (χ1n) is 12.0. The van der Waals surface area contributed by atoms with E-state index in [0.29, 0.717) is 44.7 Å². The topological polar surface area (TPSA) is 122 Å². The molecule has 0 bridgehead atoms. The van der Waals surface area contributed by atoms with Gasteiger partial charge < -0.3 is 20.1 Å². The van der Waals surface area contributed by atoms with Gasteiger partial charge in [0, 0.05) is 37.5 Å². The number of benzene rings is 1. The van der Waals surface area contributed by atoms with E-state index in [-0.39, 0.29) is 29.5 Å². The van der Waals surface area contributed by atoms with Crippen molar-refractivity contribution in [2.24, 2.45) is 0 Å². The predicted molar refractivity (Wildman–Crippen MR) is 127 cm³/mol. The van der Waals surface area contributed by atoms with Crippen LogP contribution in [0.1, 0.15) is 58.1 Å². The van der Waals surface area contributed by atoms with Gasteiger partial charge in [-0.15, -0.1) is 5.10 Å². The number of rotatable bonds is 6. The van der Waals surface area contributed by atoms with Gasteiger partial charge in [-0.1, -0.05) is 5.21 Å². The third-order valence-corrected chi connectivity index (χ3v) is 6.95. The lowest BCUT2D eigenvalue weighted by Crippen LogP contribution is -2.51. The lowest BCUT2D eigenvalue weighted by Gasteiger charge is -2.46. The van der Waals surface area contributed by atoms with Crippen LogP contribution in [0, 0.1) is 11.6 Å². The highest BCUT2D eigenvalue weighted by Crippen LogP contribution is 2.39. The largest absolute Gasteiger partial charge is 0.478 e. The summed E-state index contributed by atoms with van der Waals surface area (Å²) in [5.41, 5.74) is 0.307. The summed E-state index contributed by atoms with van der Waals surface area (Å²) in [6, 6.07) is 5.94. The number of carboxylic acid groups (broad SMARTS) is 1. The number of carbonyl (C=O) groups excluding carboxylic acids is 1. The predicted octanol–water partition coefficient (Wildman–Crippen LogP) is 3.29. The van der Waals surface area contributed by atoms with Crippen LogP contribution in [-0.2, 0) is 11.3 Å². The summed E-state index contributed by atoms with van der Waals surface area (Å²) >= 11 is 0. The lowest BCUT2D eigenvalue weighted by molar-refractivity contribution is -0.122.